The Kier molecular flexibility index (Phi) is 4.10. The number of nitrogens with one attached hydrogen (secondary N) is 1. The number of hydrogen-bond donors (Lipinski definition) is 3. The van der Waals surface area contributed by atoms with Gasteiger partial charge in [-0.25, -0.2) is 0 Å². The fraction of sp³-hybridized carbons (Fsp3) is 0.857. The number of carboxylic acid groups (broad SMARTS) is 1. The van der Waals surface area contributed by atoms with Crippen molar-refractivity contribution in [3.63, 3.8) is 0 Å². The van der Waals surface area contributed by atoms with Crippen molar-refractivity contribution in [1.82, 2.24) is 5.32 Å². The van der Waals surface area contributed by atoms with E-state index < -0.39 is 12.0 Å². The largest absolute Gasteiger partial charge is 0.480 e. The van der Waals surface area contributed by atoms with Crippen LogP contribution in [0.25, 0.3) is 0 Å². The van der Waals surface area contributed by atoms with E-state index in [4.69, 9.17) is 20.3 Å². The van der Waals surface area contributed by atoms with Crippen LogP contribution in [0.1, 0.15) is 0 Å². The second-order valence-electron chi connectivity index (χ2n) is 2.77. The van der Waals surface area contributed by atoms with Gasteiger partial charge in [0.15, 0.2) is 6.29 Å². The van der Waals surface area contributed by atoms with E-state index in [0.717, 1.165) is 0 Å². The normalized spacial score (nSPS) is 20.4. The highest BCUT2D eigenvalue weighted by molar-refractivity contribution is 5.73. The van der Waals surface area contributed by atoms with Gasteiger partial charge in [0.25, 0.3) is 0 Å². The highest BCUT2D eigenvalue weighted by Gasteiger charge is 2.16. The minimum atomic E-state index is -1.01. The first-order chi connectivity index (χ1) is 6.20. The zero-order valence-corrected chi connectivity index (χ0v) is 7.23. The smallest absolute Gasteiger partial charge is 0.321 e. The quantitative estimate of drug-likeness (QED) is 0.481. The van der Waals surface area contributed by atoms with E-state index in [9.17, 15) is 4.79 Å². The number of aliphatic carboxylic acids is 1. The standard InChI is InChI=1S/C7H14N2O4/c8-5(7(10)11)3-9-4-6-12-1-2-13-6/h5-6,9H,1-4,8H2,(H,10,11). The topological polar surface area (TPSA) is 93.8 Å². The summed E-state index contributed by atoms with van der Waals surface area (Å²) in [5, 5.41) is 11.3. The van der Waals surface area contributed by atoms with Gasteiger partial charge in [-0.1, -0.05) is 0 Å². The molecule has 0 radical (unpaired) electrons. The van der Waals surface area contributed by atoms with E-state index in [0.29, 0.717) is 19.8 Å². The molecule has 76 valence electrons. The lowest BCUT2D eigenvalue weighted by Gasteiger charge is -2.11. The van der Waals surface area contributed by atoms with Gasteiger partial charge in [0.2, 0.25) is 0 Å². The third-order valence-electron chi connectivity index (χ3n) is 1.68. The molecule has 1 unspecified atom stereocenters. The summed E-state index contributed by atoms with van der Waals surface area (Å²) >= 11 is 0. The van der Waals surface area contributed by atoms with Crippen molar-refractivity contribution in [2.75, 3.05) is 26.3 Å². The fourth-order valence-corrected chi connectivity index (χ4v) is 0.969. The molecule has 13 heavy (non-hydrogen) atoms. The lowest BCUT2D eigenvalue weighted by atomic mass is 10.3. The molecule has 1 aliphatic rings. The summed E-state index contributed by atoms with van der Waals surface area (Å²) in [6.07, 6.45) is -0.263. The summed E-state index contributed by atoms with van der Waals surface area (Å²) in [5.74, 6) is -1.01. The number of nitrogens with two attached hydrogens (primary N) is 1. The van der Waals surface area contributed by atoms with Gasteiger partial charge >= 0.3 is 5.97 Å². The van der Waals surface area contributed by atoms with E-state index in [1.165, 1.54) is 0 Å². The summed E-state index contributed by atoms with van der Waals surface area (Å²) in [6.45, 7) is 1.88. The first kappa shape index (κ1) is 10.4. The predicted molar refractivity (Wildman–Crippen MR) is 44.2 cm³/mol. The molecule has 0 aromatic heterocycles. The Morgan fingerprint density at radius 2 is 2.23 bits per heavy atom. The van der Waals surface area contributed by atoms with Crippen molar-refractivity contribution in [3.05, 3.63) is 0 Å². The summed E-state index contributed by atoms with van der Waals surface area (Å²) in [5.41, 5.74) is 5.26. The van der Waals surface area contributed by atoms with Gasteiger partial charge in [-0.05, 0) is 0 Å². The van der Waals surface area contributed by atoms with Gasteiger partial charge < -0.3 is 25.6 Å². The van der Waals surface area contributed by atoms with Crippen molar-refractivity contribution in [2.45, 2.75) is 12.3 Å². The van der Waals surface area contributed by atoms with Crippen LogP contribution >= 0.6 is 0 Å². The first-order valence-electron chi connectivity index (χ1n) is 4.12. The van der Waals surface area contributed by atoms with Crippen molar-refractivity contribution in [1.29, 1.82) is 0 Å². The number of ether oxygens (including phenoxy) is 2. The molecular weight excluding hydrogens is 176 g/mol. The Labute approximate surface area is 76.0 Å². The van der Waals surface area contributed by atoms with Gasteiger partial charge in [0.05, 0.1) is 13.2 Å². The average Bonchev–Trinajstić information content (AvgIpc) is 2.56. The van der Waals surface area contributed by atoms with E-state index in [2.05, 4.69) is 5.32 Å². The highest BCUT2D eigenvalue weighted by atomic mass is 16.7. The summed E-state index contributed by atoms with van der Waals surface area (Å²) in [7, 11) is 0. The van der Waals surface area contributed by atoms with Gasteiger partial charge in [0.1, 0.15) is 6.04 Å². The monoisotopic (exact) mass is 190 g/mol. The van der Waals surface area contributed by atoms with Gasteiger partial charge in [0, 0.05) is 13.1 Å². The van der Waals surface area contributed by atoms with Crippen LogP contribution in [-0.2, 0) is 14.3 Å². The summed E-state index contributed by atoms with van der Waals surface area (Å²) in [4.78, 5) is 10.3. The predicted octanol–water partition coefficient (Wildman–Crippen LogP) is -1.64. The Morgan fingerprint density at radius 1 is 1.62 bits per heavy atom. The summed E-state index contributed by atoms with van der Waals surface area (Å²) < 4.78 is 10.2. The van der Waals surface area contributed by atoms with Gasteiger partial charge in [-0.3, -0.25) is 4.79 Å². The lowest BCUT2D eigenvalue weighted by molar-refractivity contribution is -0.138. The van der Waals surface area contributed by atoms with Gasteiger partial charge in [-0.2, -0.15) is 0 Å². The molecule has 0 aromatic rings. The minimum absolute atomic E-state index is 0.221. The minimum Gasteiger partial charge on any atom is -0.480 e. The number of hydrogen-bond acceptors (Lipinski definition) is 5. The van der Waals surface area contributed by atoms with Crippen LogP contribution < -0.4 is 11.1 Å². The second kappa shape index (κ2) is 5.13. The van der Waals surface area contributed by atoms with E-state index in [1.807, 2.05) is 0 Å². The molecule has 1 atom stereocenters. The molecule has 1 fully saturated rings. The maximum absolute atomic E-state index is 10.3. The van der Waals surface area contributed by atoms with Crippen molar-refractivity contribution >= 4 is 5.97 Å². The number of carboxylic acids is 1. The Balaban J connectivity index is 2.02. The number of carbonyl (C=O) groups is 1. The molecule has 1 aliphatic heterocycles. The molecule has 1 heterocycles. The second-order valence-corrected chi connectivity index (χ2v) is 2.77. The highest BCUT2D eigenvalue weighted by Crippen LogP contribution is 2.00. The molecule has 0 amide bonds. The molecule has 6 nitrogen and oxygen atoms in total. The molecule has 0 saturated carbocycles. The lowest BCUT2D eigenvalue weighted by Crippen LogP contribution is -2.42. The summed E-state index contributed by atoms with van der Waals surface area (Å²) in [6, 6.07) is -0.874. The molecule has 0 aromatic carbocycles. The third-order valence-corrected chi connectivity index (χ3v) is 1.68. The van der Waals surface area contributed by atoms with Crippen LogP contribution in [0.4, 0.5) is 0 Å². The van der Waals surface area contributed by atoms with Crippen LogP contribution in [0.2, 0.25) is 0 Å². The van der Waals surface area contributed by atoms with Crippen molar-refractivity contribution < 1.29 is 19.4 Å². The zero-order valence-electron chi connectivity index (χ0n) is 7.23. The van der Waals surface area contributed by atoms with Crippen molar-refractivity contribution in [2.24, 2.45) is 5.73 Å². The Morgan fingerprint density at radius 3 is 2.77 bits per heavy atom. The first-order valence-corrected chi connectivity index (χ1v) is 4.12. The molecule has 4 N–H and O–H groups in total. The Hall–Kier alpha value is -0.690. The molecule has 0 aliphatic carbocycles. The van der Waals surface area contributed by atoms with Crippen LogP contribution in [0.5, 0.6) is 0 Å². The van der Waals surface area contributed by atoms with Crippen LogP contribution in [0, 0.1) is 0 Å². The third kappa shape index (κ3) is 3.69. The van der Waals surface area contributed by atoms with Crippen LogP contribution in [-0.4, -0.2) is 49.7 Å². The molecule has 0 bridgehead atoms. The zero-order chi connectivity index (χ0) is 9.68. The Bertz CT molecular complexity index is 170. The van der Waals surface area contributed by atoms with Crippen LogP contribution in [0.15, 0.2) is 0 Å². The van der Waals surface area contributed by atoms with Gasteiger partial charge in [-0.15, -0.1) is 0 Å². The maximum Gasteiger partial charge on any atom is 0.321 e. The molecule has 1 saturated heterocycles. The van der Waals surface area contributed by atoms with E-state index >= 15 is 0 Å². The van der Waals surface area contributed by atoms with E-state index in [-0.39, 0.29) is 12.8 Å². The van der Waals surface area contributed by atoms with E-state index in [1.54, 1.807) is 0 Å². The molecule has 6 heteroatoms. The SMILES string of the molecule is NC(CNCC1OCCO1)C(=O)O. The maximum atomic E-state index is 10.3. The molecule has 0 spiro atoms. The number of rotatable bonds is 5. The molecular formula is C7H14N2O4. The van der Waals surface area contributed by atoms with Crippen LogP contribution in [0.3, 0.4) is 0 Å². The average molecular weight is 190 g/mol. The fourth-order valence-electron chi connectivity index (χ4n) is 0.969. The molecule has 1 rings (SSSR count). The van der Waals surface area contributed by atoms with Crippen molar-refractivity contribution in [3.8, 4) is 0 Å².